The Morgan fingerprint density at radius 1 is 1.30 bits per heavy atom. The van der Waals surface area contributed by atoms with Crippen molar-refractivity contribution in [1.29, 1.82) is 10.5 Å². The second kappa shape index (κ2) is 6.94. The Hall–Kier alpha value is -3.03. The van der Waals surface area contributed by atoms with Crippen molar-refractivity contribution in [3.63, 3.8) is 0 Å². The van der Waals surface area contributed by atoms with E-state index in [1.54, 1.807) is 27.0 Å². The van der Waals surface area contributed by atoms with Crippen LogP contribution in [0.5, 0.6) is 0 Å². The number of aromatic nitrogens is 1. The second-order valence-electron chi connectivity index (χ2n) is 6.96. The summed E-state index contributed by atoms with van der Waals surface area (Å²) in [6.45, 7) is 5.14. The summed E-state index contributed by atoms with van der Waals surface area (Å²) in [5.41, 5.74) is 0.842. The number of ketones is 1. The Kier molecular flexibility index (Phi) is 4.82. The quantitative estimate of drug-likeness (QED) is 0.791. The minimum Gasteiger partial charge on any atom is -0.360 e. The van der Waals surface area contributed by atoms with Gasteiger partial charge in [-0.1, -0.05) is 43.8 Å². The van der Waals surface area contributed by atoms with E-state index < -0.39 is 22.5 Å². The maximum absolute atomic E-state index is 12.9. The van der Waals surface area contributed by atoms with Crippen molar-refractivity contribution < 1.29 is 9.59 Å². The highest BCUT2D eigenvalue weighted by molar-refractivity contribution is 8.04. The highest BCUT2D eigenvalue weighted by atomic mass is 32.2. The number of nitrogens with one attached hydrogen (secondary N) is 2. The van der Waals surface area contributed by atoms with E-state index in [4.69, 9.17) is 0 Å². The number of rotatable bonds is 4. The smallest absolute Gasteiger partial charge is 0.243 e. The number of H-pyrrole nitrogens is 1. The number of thioether (sulfide) groups is 1. The van der Waals surface area contributed by atoms with Crippen molar-refractivity contribution in [2.24, 2.45) is 11.3 Å². The van der Waals surface area contributed by atoms with Gasteiger partial charge in [-0.25, -0.2) is 0 Å². The van der Waals surface area contributed by atoms with Gasteiger partial charge in [0.05, 0.1) is 28.0 Å². The van der Waals surface area contributed by atoms with Gasteiger partial charge in [-0.3, -0.25) is 9.59 Å². The summed E-state index contributed by atoms with van der Waals surface area (Å²) in [5.74, 6) is -1.50. The van der Waals surface area contributed by atoms with E-state index in [0.29, 0.717) is 16.2 Å². The first-order valence-electron chi connectivity index (χ1n) is 8.43. The Labute approximate surface area is 161 Å². The monoisotopic (exact) mass is 378 g/mol. The molecule has 1 aromatic carbocycles. The van der Waals surface area contributed by atoms with Crippen molar-refractivity contribution in [2.45, 2.75) is 26.0 Å². The van der Waals surface area contributed by atoms with E-state index in [1.165, 1.54) is 0 Å². The summed E-state index contributed by atoms with van der Waals surface area (Å²) in [6, 6.07) is 11.6. The van der Waals surface area contributed by atoms with Crippen molar-refractivity contribution >= 4 is 34.4 Å². The molecule has 7 heteroatoms. The second-order valence-corrected chi connectivity index (χ2v) is 8.31. The lowest BCUT2D eigenvalue weighted by atomic mass is 9.72. The molecule has 0 saturated heterocycles. The van der Waals surface area contributed by atoms with Crippen LogP contribution in [0.1, 0.15) is 31.1 Å². The number of hydrogen-bond acceptors (Lipinski definition) is 5. The van der Waals surface area contributed by atoms with Crippen LogP contribution in [0.4, 0.5) is 0 Å². The number of carbonyl (C=O) groups is 2. The molecule has 1 aromatic heterocycles. The zero-order valence-electron chi connectivity index (χ0n) is 15.2. The average molecular weight is 378 g/mol. The SMILES string of the molecule is C[C@H](SC1=C(C#N)C(C)(C)[C@H](C#N)C(=O)N1)C(=O)c1c[nH]c2ccccc12. The molecule has 1 aliphatic rings. The summed E-state index contributed by atoms with van der Waals surface area (Å²) in [5, 5.41) is 22.2. The molecule has 0 spiro atoms. The molecule has 2 aromatic rings. The zero-order chi connectivity index (χ0) is 19.8. The molecule has 0 bridgehead atoms. The van der Waals surface area contributed by atoms with Crippen LogP contribution in [0, 0.1) is 34.0 Å². The number of Topliss-reactive ketones (excluding diaryl/α,β-unsaturated/α-hetero) is 1. The van der Waals surface area contributed by atoms with Gasteiger partial charge in [0, 0.05) is 28.1 Å². The Morgan fingerprint density at radius 2 is 2.00 bits per heavy atom. The van der Waals surface area contributed by atoms with E-state index in [1.807, 2.05) is 30.3 Å². The van der Waals surface area contributed by atoms with E-state index in [0.717, 1.165) is 22.7 Å². The molecule has 0 radical (unpaired) electrons. The van der Waals surface area contributed by atoms with Gasteiger partial charge < -0.3 is 10.3 Å². The number of nitrogens with zero attached hydrogens (tertiary/aromatic N) is 2. The first-order chi connectivity index (χ1) is 12.8. The highest BCUT2D eigenvalue weighted by Gasteiger charge is 2.45. The van der Waals surface area contributed by atoms with Crippen molar-refractivity contribution in [2.75, 3.05) is 0 Å². The van der Waals surface area contributed by atoms with Gasteiger partial charge in [-0.15, -0.1) is 0 Å². The molecule has 1 aliphatic heterocycles. The fourth-order valence-electron chi connectivity index (χ4n) is 3.24. The summed E-state index contributed by atoms with van der Waals surface area (Å²) < 4.78 is 0. The molecular weight excluding hydrogens is 360 g/mol. The third-order valence-electron chi connectivity index (χ3n) is 4.85. The molecule has 0 fully saturated rings. The number of aromatic amines is 1. The minimum atomic E-state index is -0.948. The lowest BCUT2D eigenvalue weighted by Crippen LogP contribution is -2.45. The van der Waals surface area contributed by atoms with Gasteiger partial charge in [0.15, 0.2) is 5.78 Å². The van der Waals surface area contributed by atoms with Crippen LogP contribution in [0.3, 0.4) is 0 Å². The molecule has 0 saturated carbocycles. The van der Waals surface area contributed by atoms with Crippen molar-refractivity contribution in [3.05, 3.63) is 46.6 Å². The van der Waals surface area contributed by atoms with Crippen LogP contribution < -0.4 is 5.32 Å². The predicted octanol–water partition coefficient (Wildman–Crippen LogP) is 3.50. The Morgan fingerprint density at radius 3 is 2.67 bits per heavy atom. The van der Waals surface area contributed by atoms with Crippen LogP contribution in [0.25, 0.3) is 10.9 Å². The molecule has 2 atom stereocenters. The topological polar surface area (TPSA) is 110 Å². The van der Waals surface area contributed by atoms with Crippen LogP contribution in [0.15, 0.2) is 41.1 Å². The number of para-hydroxylation sites is 1. The van der Waals surface area contributed by atoms with Crippen LogP contribution in [-0.2, 0) is 4.79 Å². The standard InChI is InChI=1S/C20H18N4O2S/c1-11(17(25)13-10-23-16-7-5-4-6-12(13)16)27-19-15(9-22)20(2,3)14(8-21)18(26)24-19/h4-7,10-11,14,23H,1-3H3,(H,24,26)/t11-,14+/m0/s1. The summed E-state index contributed by atoms with van der Waals surface area (Å²) >= 11 is 1.14. The first kappa shape index (κ1) is 18.8. The van der Waals surface area contributed by atoms with Gasteiger partial charge >= 0.3 is 0 Å². The van der Waals surface area contributed by atoms with Crippen LogP contribution in [0.2, 0.25) is 0 Å². The van der Waals surface area contributed by atoms with Crippen molar-refractivity contribution in [3.8, 4) is 12.1 Å². The zero-order valence-corrected chi connectivity index (χ0v) is 16.0. The molecule has 3 rings (SSSR count). The molecular formula is C20H18N4O2S. The minimum absolute atomic E-state index is 0.100. The molecule has 2 N–H and O–H groups in total. The van der Waals surface area contributed by atoms with Crippen LogP contribution in [-0.4, -0.2) is 21.9 Å². The normalized spacial score (nSPS) is 19.9. The number of allylic oxidation sites excluding steroid dienone is 1. The number of hydrogen-bond donors (Lipinski definition) is 2. The van der Waals surface area contributed by atoms with Crippen molar-refractivity contribution in [1.82, 2.24) is 10.3 Å². The Balaban J connectivity index is 1.93. The third kappa shape index (κ3) is 3.11. The predicted molar refractivity (Wildman–Crippen MR) is 103 cm³/mol. The average Bonchev–Trinajstić information content (AvgIpc) is 3.04. The molecule has 1 amide bonds. The van der Waals surface area contributed by atoms with E-state index in [2.05, 4.69) is 16.4 Å². The number of fused-ring (bicyclic) bond motifs is 1. The number of carbonyl (C=O) groups excluding carboxylic acids is 2. The lowest BCUT2D eigenvalue weighted by molar-refractivity contribution is -0.125. The highest BCUT2D eigenvalue weighted by Crippen LogP contribution is 2.43. The fourth-order valence-corrected chi connectivity index (χ4v) is 4.41. The molecule has 27 heavy (non-hydrogen) atoms. The summed E-state index contributed by atoms with van der Waals surface area (Å²) in [4.78, 5) is 28.3. The molecule has 6 nitrogen and oxygen atoms in total. The summed E-state index contributed by atoms with van der Waals surface area (Å²) in [7, 11) is 0. The Bertz CT molecular complexity index is 1050. The first-order valence-corrected chi connectivity index (χ1v) is 9.31. The van der Waals surface area contributed by atoms with Gasteiger partial charge in [-0.2, -0.15) is 10.5 Å². The molecule has 0 aliphatic carbocycles. The molecule has 0 unspecified atom stereocenters. The van der Waals surface area contributed by atoms with Crippen LogP contribution >= 0.6 is 11.8 Å². The largest absolute Gasteiger partial charge is 0.360 e. The maximum Gasteiger partial charge on any atom is 0.243 e. The van der Waals surface area contributed by atoms with Gasteiger partial charge in [0.25, 0.3) is 0 Å². The van der Waals surface area contributed by atoms with Gasteiger partial charge in [-0.05, 0) is 13.0 Å². The van der Waals surface area contributed by atoms with Gasteiger partial charge in [0.1, 0.15) is 5.92 Å². The van der Waals surface area contributed by atoms with E-state index in [-0.39, 0.29) is 5.78 Å². The fraction of sp³-hybridized carbons (Fsp3) is 0.300. The summed E-state index contributed by atoms with van der Waals surface area (Å²) in [6.07, 6.45) is 1.68. The number of amides is 1. The molecule has 2 heterocycles. The van der Waals surface area contributed by atoms with E-state index in [9.17, 15) is 20.1 Å². The number of nitriles is 2. The maximum atomic E-state index is 12.9. The lowest BCUT2D eigenvalue weighted by Gasteiger charge is -2.35. The molecule has 136 valence electrons. The number of benzene rings is 1. The van der Waals surface area contributed by atoms with Gasteiger partial charge in [0.2, 0.25) is 5.91 Å². The third-order valence-corrected chi connectivity index (χ3v) is 5.96. The van der Waals surface area contributed by atoms with E-state index >= 15 is 0 Å².